The molecule has 2 aromatic carbocycles. The number of amides is 2. The standard InChI is InChI=1S/C25H25Cl2FN2O2S/c1-17(2)13-30(25(32)22-10-7-19(26)12-23(22)27)16-24(31)29(15-21-4-3-11-33-21)14-18-5-8-20(28)9-6-18/h3-12,17H,13-16H2,1-2H3. The Labute approximate surface area is 207 Å². The number of carbonyl (C=O) groups excluding carboxylic acids is 2. The SMILES string of the molecule is CC(C)CN(CC(=O)N(Cc1ccc(F)cc1)Cc1cccs1)C(=O)c1ccc(Cl)cc1Cl. The highest BCUT2D eigenvalue weighted by Gasteiger charge is 2.25. The Bertz CT molecular complexity index is 1090. The summed E-state index contributed by atoms with van der Waals surface area (Å²) in [5.41, 5.74) is 1.11. The molecule has 0 saturated heterocycles. The molecule has 4 nitrogen and oxygen atoms in total. The molecule has 0 bridgehead atoms. The van der Waals surface area contributed by atoms with E-state index in [-0.39, 0.29) is 35.1 Å². The summed E-state index contributed by atoms with van der Waals surface area (Å²) in [7, 11) is 0. The van der Waals surface area contributed by atoms with Gasteiger partial charge in [0.25, 0.3) is 5.91 Å². The van der Waals surface area contributed by atoms with E-state index in [0.29, 0.717) is 30.2 Å². The first-order valence-electron chi connectivity index (χ1n) is 10.5. The van der Waals surface area contributed by atoms with Crippen molar-refractivity contribution in [3.63, 3.8) is 0 Å². The van der Waals surface area contributed by atoms with E-state index in [4.69, 9.17) is 23.2 Å². The number of thiophene rings is 1. The van der Waals surface area contributed by atoms with Crippen molar-refractivity contribution < 1.29 is 14.0 Å². The van der Waals surface area contributed by atoms with Crippen LogP contribution in [0.15, 0.2) is 60.0 Å². The van der Waals surface area contributed by atoms with E-state index in [0.717, 1.165) is 10.4 Å². The molecule has 3 rings (SSSR count). The van der Waals surface area contributed by atoms with E-state index in [1.807, 2.05) is 31.4 Å². The van der Waals surface area contributed by atoms with Crippen LogP contribution in [0.2, 0.25) is 10.0 Å². The average Bonchev–Trinajstić information content (AvgIpc) is 3.27. The lowest BCUT2D eigenvalue weighted by atomic mass is 10.1. The molecule has 0 aliphatic carbocycles. The van der Waals surface area contributed by atoms with E-state index < -0.39 is 0 Å². The van der Waals surface area contributed by atoms with Crippen molar-refractivity contribution in [3.05, 3.63) is 91.8 Å². The van der Waals surface area contributed by atoms with Crippen LogP contribution in [0.25, 0.3) is 0 Å². The van der Waals surface area contributed by atoms with E-state index in [9.17, 15) is 14.0 Å². The number of hydrogen-bond acceptors (Lipinski definition) is 3. The molecule has 0 fully saturated rings. The molecule has 0 unspecified atom stereocenters. The van der Waals surface area contributed by atoms with Crippen LogP contribution in [-0.4, -0.2) is 34.7 Å². The molecule has 3 aromatic rings. The van der Waals surface area contributed by atoms with Crippen molar-refractivity contribution in [2.75, 3.05) is 13.1 Å². The van der Waals surface area contributed by atoms with Crippen molar-refractivity contribution in [2.45, 2.75) is 26.9 Å². The second-order valence-corrected chi connectivity index (χ2v) is 10.0. The maximum Gasteiger partial charge on any atom is 0.255 e. The number of nitrogens with zero attached hydrogens (tertiary/aromatic N) is 2. The lowest BCUT2D eigenvalue weighted by Gasteiger charge is -2.29. The van der Waals surface area contributed by atoms with Crippen molar-refractivity contribution in [3.8, 4) is 0 Å². The first-order valence-corrected chi connectivity index (χ1v) is 12.2. The molecule has 33 heavy (non-hydrogen) atoms. The molecule has 1 heterocycles. The van der Waals surface area contributed by atoms with Crippen LogP contribution in [0.3, 0.4) is 0 Å². The van der Waals surface area contributed by atoms with Crippen LogP contribution < -0.4 is 0 Å². The predicted molar refractivity (Wildman–Crippen MR) is 132 cm³/mol. The van der Waals surface area contributed by atoms with E-state index >= 15 is 0 Å². The summed E-state index contributed by atoms with van der Waals surface area (Å²) in [4.78, 5) is 30.9. The van der Waals surface area contributed by atoms with Gasteiger partial charge in [0, 0.05) is 23.0 Å². The zero-order chi connectivity index (χ0) is 24.0. The van der Waals surface area contributed by atoms with E-state index in [2.05, 4.69) is 0 Å². The first-order chi connectivity index (χ1) is 15.7. The van der Waals surface area contributed by atoms with Crippen molar-refractivity contribution in [1.82, 2.24) is 9.80 Å². The molecule has 2 amide bonds. The second kappa shape index (κ2) is 11.6. The Morgan fingerprint density at radius 2 is 1.73 bits per heavy atom. The lowest BCUT2D eigenvalue weighted by molar-refractivity contribution is -0.133. The van der Waals surface area contributed by atoms with Gasteiger partial charge in [-0.25, -0.2) is 4.39 Å². The van der Waals surface area contributed by atoms with Gasteiger partial charge in [0.2, 0.25) is 5.91 Å². The van der Waals surface area contributed by atoms with Gasteiger partial charge >= 0.3 is 0 Å². The first kappa shape index (κ1) is 25.2. The van der Waals surface area contributed by atoms with Crippen LogP contribution in [0.1, 0.15) is 34.6 Å². The summed E-state index contributed by atoms with van der Waals surface area (Å²) in [5, 5.41) is 2.63. The smallest absolute Gasteiger partial charge is 0.255 e. The van der Waals surface area contributed by atoms with Gasteiger partial charge in [-0.2, -0.15) is 0 Å². The third-order valence-corrected chi connectivity index (χ3v) is 6.34. The maximum absolute atomic E-state index is 13.4. The normalized spacial score (nSPS) is 11.0. The fourth-order valence-corrected chi connectivity index (χ4v) is 4.60. The Morgan fingerprint density at radius 3 is 2.33 bits per heavy atom. The zero-order valence-corrected chi connectivity index (χ0v) is 20.8. The van der Waals surface area contributed by atoms with Gasteiger partial charge in [-0.1, -0.05) is 55.2 Å². The second-order valence-electron chi connectivity index (χ2n) is 8.16. The molecular weight excluding hydrogens is 482 g/mol. The Kier molecular flexibility index (Phi) is 8.89. The molecule has 0 spiro atoms. The molecule has 0 radical (unpaired) electrons. The summed E-state index contributed by atoms with van der Waals surface area (Å²) in [6.07, 6.45) is 0. The number of halogens is 3. The molecule has 174 valence electrons. The Hall–Kier alpha value is -2.41. The number of benzene rings is 2. The fourth-order valence-electron chi connectivity index (χ4n) is 3.39. The van der Waals surface area contributed by atoms with Crippen LogP contribution in [0, 0.1) is 11.7 Å². The summed E-state index contributed by atoms with van der Waals surface area (Å²) in [6.45, 7) is 4.98. The van der Waals surface area contributed by atoms with Gasteiger partial charge < -0.3 is 9.80 Å². The van der Waals surface area contributed by atoms with Gasteiger partial charge in [-0.15, -0.1) is 11.3 Å². The number of hydrogen-bond donors (Lipinski definition) is 0. The van der Waals surface area contributed by atoms with Crippen molar-refractivity contribution in [2.24, 2.45) is 5.92 Å². The van der Waals surface area contributed by atoms with E-state index in [1.165, 1.54) is 23.1 Å². The minimum absolute atomic E-state index is 0.0947. The molecule has 8 heteroatoms. The highest BCUT2D eigenvalue weighted by Crippen LogP contribution is 2.23. The third kappa shape index (κ3) is 7.29. The Balaban J connectivity index is 1.83. The third-order valence-electron chi connectivity index (χ3n) is 4.93. The minimum Gasteiger partial charge on any atom is -0.332 e. The van der Waals surface area contributed by atoms with Crippen LogP contribution in [0.4, 0.5) is 4.39 Å². The average molecular weight is 507 g/mol. The van der Waals surface area contributed by atoms with Crippen LogP contribution >= 0.6 is 34.5 Å². The monoisotopic (exact) mass is 506 g/mol. The van der Waals surface area contributed by atoms with Gasteiger partial charge in [-0.05, 0) is 53.3 Å². The summed E-state index contributed by atoms with van der Waals surface area (Å²) in [5.74, 6) is -0.706. The van der Waals surface area contributed by atoms with E-state index in [1.54, 1.807) is 40.5 Å². The molecule has 0 aliphatic rings. The fraction of sp³-hybridized carbons (Fsp3) is 0.280. The van der Waals surface area contributed by atoms with Crippen LogP contribution in [0.5, 0.6) is 0 Å². The van der Waals surface area contributed by atoms with Gasteiger partial charge in [-0.3, -0.25) is 9.59 Å². The molecule has 0 N–H and O–H groups in total. The summed E-state index contributed by atoms with van der Waals surface area (Å²) < 4.78 is 13.3. The quantitative estimate of drug-likeness (QED) is 0.331. The summed E-state index contributed by atoms with van der Waals surface area (Å²) >= 11 is 13.8. The highest BCUT2D eigenvalue weighted by atomic mass is 35.5. The largest absolute Gasteiger partial charge is 0.332 e. The molecular formula is C25H25Cl2FN2O2S. The molecule has 0 aliphatic heterocycles. The van der Waals surface area contributed by atoms with Crippen molar-refractivity contribution in [1.29, 1.82) is 0 Å². The molecule has 1 aromatic heterocycles. The maximum atomic E-state index is 13.4. The van der Waals surface area contributed by atoms with Crippen LogP contribution in [-0.2, 0) is 17.9 Å². The van der Waals surface area contributed by atoms with Gasteiger partial charge in [0.05, 0.1) is 17.1 Å². The molecule has 0 saturated carbocycles. The number of rotatable bonds is 9. The zero-order valence-electron chi connectivity index (χ0n) is 18.4. The predicted octanol–water partition coefficient (Wildman–Crippen LogP) is 6.52. The topological polar surface area (TPSA) is 40.6 Å². The minimum atomic E-state index is -0.330. The van der Waals surface area contributed by atoms with Gasteiger partial charge in [0.15, 0.2) is 0 Å². The van der Waals surface area contributed by atoms with Gasteiger partial charge in [0.1, 0.15) is 12.4 Å². The number of carbonyl (C=O) groups is 2. The lowest BCUT2D eigenvalue weighted by Crippen LogP contribution is -2.44. The molecule has 0 atom stereocenters. The Morgan fingerprint density at radius 1 is 1.00 bits per heavy atom. The summed E-state index contributed by atoms with van der Waals surface area (Å²) in [6, 6.07) is 14.7. The van der Waals surface area contributed by atoms with Crippen molar-refractivity contribution >= 4 is 46.4 Å². The highest BCUT2D eigenvalue weighted by molar-refractivity contribution is 7.09.